The van der Waals surface area contributed by atoms with E-state index in [1.165, 1.54) is 0 Å². The zero-order valence-corrected chi connectivity index (χ0v) is 15.4. The highest BCUT2D eigenvalue weighted by molar-refractivity contribution is 5.79. The third-order valence-electron chi connectivity index (χ3n) is 4.46. The van der Waals surface area contributed by atoms with Crippen molar-refractivity contribution in [1.82, 2.24) is 15.1 Å². The highest BCUT2D eigenvalue weighted by Crippen LogP contribution is 2.28. The molecule has 1 saturated heterocycles. The molecule has 1 aromatic carbocycles. The number of methoxy groups -OCH3 is 2. The normalized spacial score (nSPS) is 14.4. The van der Waals surface area contributed by atoms with Crippen molar-refractivity contribution in [2.75, 3.05) is 45.3 Å². The molecule has 1 aliphatic heterocycles. The number of amides is 1. The first-order valence-electron chi connectivity index (χ1n) is 8.70. The minimum atomic E-state index is 0.0941. The molecule has 0 N–H and O–H groups in total. The minimum Gasteiger partial charge on any atom is -0.493 e. The van der Waals surface area contributed by atoms with Crippen LogP contribution in [0.3, 0.4) is 0 Å². The number of hydrogen-bond acceptors (Lipinski definition) is 7. The molecule has 0 aliphatic carbocycles. The van der Waals surface area contributed by atoms with Crippen molar-refractivity contribution in [3.8, 4) is 11.5 Å². The summed E-state index contributed by atoms with van der Waals surface area (Å²) in [4.78, 5) is 16.5. The van der Waals surface area contributed by atoms with Gasteiger partial charge in [-0.05, 0) is 17.7 Å². The van der Waals surface area contributed by atoms with Crippen LogP contribution in [0.25, 0.3) is 0 Å². The number of nitrogens with zero attached hydrogens (tertiary/aromatic N) is 4. The van der Waals surface area contributed by atoms with Gasteiger partial charge in [-0.1, -0.05) is 18.1 Å². The topological polar surface area (TPSA) is 80.9 Å². The predicted octanol–water partition coefficient (Wildman–Crippen LogP) is 1.54. The number of hydrogen-bond donors (Lipinski definition) is 0. The Morgan fingerprint density at radius 3 is 2.46 bits per heavy atom. The van der Waals surface area contributed by atoms with Crippen molar-refractivity contribution in [3.63, 3.8) is 0 Å². The number of anilines is 1. The molecule has 1 amide bonds. The third-order valence-corrected chi connectivity index (χ3v) is 4.46. The molecule has 1 aromatic heterocycles. The Balaban J connectivity index is 1.56. The van der Waals surface area contributed by atoms with E-state index in [1.807, 2.05) is 34.9 Å². The molecule has 26 heavy (non-hydrogen) atoms. The van der Waals surface area contributed by atoms with Crippen LogP contribution in [0.4, 0.5) is 6.01 Å². The van der Waals surface area contributed by atoms with Crippen LogP contribution in [0, 0.1) is 0 Å². The fourth-order valence-electron chi connectivity index (χ4n) is 2.94. The minimum absolute atomic E-state index is 0.0941. The van der Waals surface area contributed by atoms with E-state index < -0.39 is 0 Å². The van der Waals surface area contributed by atoms with E-state index in [2.05, 4.69) is 10.2 Å². The summed E-state index contributed by atoms with van der Waals surface area (Å²) in [5, 5.41) is 8.05. The number of aryl methyl sites for hydroxylation is 1. The van der Waals surface area contributed by atoms with Crippen LogP contribution in [-0.4, -0.2) is 61.4 Å². The van der Waals surface area contributed by atoms with E-state index in [-0.39, 0.29) is 5.91 Å². The van der Waals surface area contributed by atoms with Gasteiger partial charge >= 0.3 is 6.01 Å². The number of carbonyl (C=O) groups excluding carboxylic acids is 1. The Hall–Kier alpha value is -2.77. The number of benzene rings is 1. The van der Waals surface area contributed by atoms with Crippen molar-refractivity contribution in [1.29, 1.82) is 0 Å². The van der Waals surface area contributed by atoms with E-state index >= 15 is 0 Å². The Morgan fingerprint density at radius 1 is 1.12 bits per heavy atom. The standard InChI is InChI=1S/C18H24N4O4/c1-4-16-19-20-18(26-16)22-9-7-21(8-10-22)17(23)12-13-5-6-14(24-2)15(11-13)25-3/h5-6,11H,4,7-10,12H2,1-3H3. The third kappa shape index (κ3) is 3.89. The molecule has 0 saturated carbocycles. The maximum absolute atomic E-state index is 12.6. The van der Waals surface area contributed by atoms with Gasteiger partial charge in [0.2, 0.25) is 11.8 Å². The highest BCUT2D eigenvalue weighted by atomic mass is 16.5. The van der Waals surface area contributed by atoms with Crippen LogP contribution in [0.2, 0.25) is 0 Å². The highest BCUT2D eigenvalue weighted by Gasteiger charge is 2.24. The SMILES string of the molecule is CCc1nnc(N2CCN(C(=O)Cc3ccc(OC)c(OC)c3)CC2)o1. The molecule has 8 heteroatoms. The van der Waals surface area contributed by atoms with Gasteiger partial charge in [0.25, 0.3) is 0 Å². The molecule has 1 fully saturated rings. The first kappa shape index (κ1) is 18.0. The van der Waals surface area contributed by atoms with Crippen LogP contribution < -0.4 is 14.4 Å². The summed E-state index contributed by atoms with van der Waals surface area (Å²) in [5.74, 6) is 2.01. The van der Waals surface area contributed by atoms with E-state index in [1.54, 1.807) is 14.2 Å². The summed E-state index contributed by atoms with van der Waals surface area (Å²) < 4.78 is 16.1. The second-order valence-electron chi connectivity index (χ2n) is 6.07. The van der Waals surface area contributed by atoms with Gasteiger partial charge in [0.15, 0.2) is 11.5 Å². The van der Waals surface area contributed by atoms with Crippen LogP contribution in [-0.2, 0) is 17.6 Å². The number of aromatic nitrogens is 2. The molecule has 1 aliphatic rings. The first-order chi connectivity index (χ1) is 12.6. The maximum Gasteiger partial charge on any atom is 0.318 e. The van der Waals surface area contributed by atoms with Gasteiger partial charge in [0.1, 0.15) is 0 Å². The summed E-state index contributed by atoms with van der Waals surface area (Å²) in [5.41, 5.74) is 0.902. The Kier molecular flexibility index (Phi) is 5.60. The molecule has 3 rings (SSSR count). The van der Waals surface area contributed by atoms with Crippen LogP contribution >= 0.6 is 0 Å². The van der Waals surface area contributed by atoms with Gasteiger partial charge in [-0.15, -0.1) is 5.10 Å². The summed E-state index contributed by atoms with van der Waals surface area (Å²) in [6.45, 7) is 4.61. The molecule has 0 bridgehead atoms. The number of ether oxygens (including phenoxy) is 2. The average Bonchev–Trinajstić information content (AvgIpc) is 3.17. The molecule has 2 heterocycles. The van der Waals surface area contributed by atoms with Gasteiger partial charge < -0.3 is 23.7 Å². The molecule has 0 unspecified atom stereocenters. The Labute approximate surface area is 152 Å². The van der Waals surface area contributed by atoms with Crippen molar-refractivity contribution < 1.29 is 18.7 Å². The van der Waals surface area contributed by atoms with Crippen molar-refractivity contribution in [2.24, 2.45) is 0 Å². The smallest absolute Gasteiger partial charge is 0.318 e. The number of carbonyl (C=O) groups is 1. The zero-order chi connectivity index (χ0) is 18.5. The first-order valence-corrected chi connectivity index (χ1v) is 8.70. The van der Waals surface area contributed by atoms with Crippen LogP contribution in [0.1, 0.15) is 18.4 Å². The lowest BCUT2D eigenvalue weighted by Crippen LogP contribution is -2.49. The number of rotatable bonds is 6. The Bertz CT molecular complexity index is 753. The van der Waals surface area contributed by atoms with Crippen LogP contribution in [0.15, 0.2) is 22.6 Å². The van der Waals surface area contributed by atoms with Crippen molar-refractivity contribution in [3.05, 3.63) is 29.7 Å². The molecule has 0 spiro atoms. The summed E-state index contributed by atoms with van der Waals surface area (Å²) in [7, 11) is 3.18. The lowest BCUT2D eigenvalue weighted by molar-refractivity contribution is -0.130. The Morgan fingerprint density at radius 2 is 1.85 bits per heavy atom. The second-order valence-corrected chi connectivity index (χ2v) is 6.07. The fraction of sp³-hybridized carbons (Fsp3) is 0.500. The van der Waals surface area contributed by atoms with E-state index in [4.69, 9.17) is 13.9 Å². The largest absolute Gasteiger partial charge is 0.493 e. The molecule has 140 valence electrons. The van der Waals surface area contributed by atoms with Crippen molar-refractivity contribution >= 4 is 11.9 Å². The van der Waals surface area contributed by atoms with Crippen LogP contribution in [0.5, 0.6) is 11.5 Å². The molecule has 0 atom stereocenters. The van der Waals surface area contributed by atoms with Gasteiger partial charge in [-0.25, -0.2) is 0 Å². The second kappa shape index (κ2) is 8.07. The molecular weight excluding hydrogens is 336 g/mol. The van der Waals surface area contributed by atoms with Crippen molar-refractivity contribution in [2.45, 2.75) is 19.8 Å². The molecule has 0 radical (unpaired) electrons. The quantitative estimate of drug-likeness (QED) is 0.773. The molecule has 2 aromatic rings. The zero-order valence-electron chi connectivity index (χ0n) is 15.4. The van der Waals surface area contributed by atoms with E-state index in [0.29, 0.717) is 56.0 Å². The van der Waals surface area contributed by atoms with E-state index in [9.17, 15) is 4.79 Å². The molecular formula is C18H24N4O4. The maximum atomic E-state index is 12.6. The predicted molar refractivity (Wildman–Crippen MR) is 95.7 cm³/mol. The lowest BCUT2D eigenvalue weighted by Gasteiger charge is -2.33. The van der Waals surface area contributed by atoms with E-state index in [0.717, 1.165) is 12.0 Å². The number of piperazine rings is 1. The van der Waals surface area contributed by atoms with Gasteiger partial charge in [-0.3, -0.25) is 4.79 Å². The van der Waals surface area contributed by atoms with Gasteiger partial charge in [0.05, 0.1) is 20.6 Å². The summed E-state index contributed by atoms with van der Waals surface area (Å²) >= 11 is 0. The van der Waals surface area contributed by atoms with Gasteiger partial charge in [-0.2, -0.15) is 0 Å². The lowest BCUT2D eigenvalue weighted by atomic mass is 10.1. The summed E-state index contributed by atoms with van der Waals surface area (Å²) in [6.07, 6.45) is 1.05. The van der Waals surface area contributed by atoms with Gasteiger partial charge in [0, 0.05) is 32.6 Å². The molecule has 8 nitrogen and oxygen atoms in total. The monoisotopic (exact) mass is 360 g/mol. The summed E-state index contributed by atoms with van der Waals surface area (Å²) in [6, 6.07) is 6.09. The fourth-order valence-corrected chi connectivity index (χ4v) is 2.94. The average molecular weight is 360 g/mol.